The van der Waals surface area contributed by atoms with Crippen LogP contribution in [0.2, 0.25) is 0 Å². The molecular formula is C16H24N2O5. The number of hydrogen-bond acceptors (Lipinski definition) is 5. The van der Waals surface area contributed by atoms with Crippen molar-refractivity contribution in [3.8, 4) is 0 Å². The molecular weight excluding hydrogens is 300 g/mol. The van der Waals surface area contributed by atoms with E-state index >= 15 is 0 Å². The Morgan fingerprint density at radius 3 is 2.52 bits per heavy atom. The quantitative estimate of drug-likeness (QED) is 0.853. The molecule has 1 atom stereocenters. The summed E-state index contributed by atoms with van der Waals surface area (Å²) in [6.45, 7) is 6.34. The second-order valence-electron chi connectivity index (χ2n) is 6.11. The van der Waals surface area contributed by atoms with Crippen molar-refractivity contribution in [3.05, 3.63) is 17.0 Å². The van der Waals surface area contributed by atoms with E-state index in [2.05, 4.69) is 5.16 Å². The highest BCUT2D eigenvalue weighted by Gasteiger charge is 2.31. The smallest absolute Gasteiger partial charge is 0.323 e. The fourth-order valence-corrected chi connectivity index (χ4v) is 3.00. The summed E-state index contributed by atoms with van der Waals surface area (Å²) >= 11 is 0. The largest absolute Gasteiger partial charge is 0.480 e. The molecule has 1 amide bonds. The number of carboxylic acid groups (broad SMARTS) is 1. The molecule has 1 fully saturated rings. The fraction of sp³-hybridized carbons (Fsp3) is 0.688. The maximum absolute atomic E-state index is 12.8. The predicted octanol–water partition coefficient (Wildman–Crippen LogP) is 1.56. The van der Waals surface area contributed by atoms with Crippen molar-refractivity contribution < 1.29 is 24.0 Å². The van der Waals surface area contributed by atoms with Gasteiger partial charge in [-0.1, -0.05) is 12.1 Å². The summed E-state index contributed by atoms with van der Waals surface area (Å²) in [5.74, 6) is -0.749. The Bertz CT molecular complexity index is 543. The third-order valence-electron chi connectivity index (χ3n) is 4.33. The van der Waals surface area contributed by atoms with Crippen molar-refractivity contribution in [2.75, 3.05) is 19.8 Å². The van der Waals surface area contributed by atoms with Crippen LogP contribution in [0.4, 0.5) is 0 Å². The molecule has 23 heavy (non-hydrogen) atoms. The topological polar surface area (TPSA) is 92.9 Å². The zero-order chi connectivity index (χ0) is 17.0. The third-order valence-corrected chi connectivity index (χ3v) is 4.33. The Hall–Kier alpha value is -1.89. The maximum atomic E-state index is 12.8. The number of amides is 1. The van der Waals surface area contributed by atoms with Crippen molar-refractivity contribution in [1.29, 1.82) is 0 Å². The Labute approximate surface area is 135 Å². The van der Waals surface area contributed by atoms with Crippen LogP contribution in [0.25, 0.3) is 0 Å². The zero-order valence-corrected chi connectivity index (χ0v) is 13.9. The lowest BCUT2D eigenvalue weighted by molar-refractivity contribution is -0.149. The summed E-state index contributed by atoms with van der Waals surface area (Å²) < 4.78 is 10.4. The lowest BCUT2D eigenvalue weighted by atomic mass is 9.96. The Balaban J connectivity index is 2.10. The summed E-state index contributed by atoms with van der Waals surface area (Å²) in [6.07, 6.45) is 1.85. The first-order valence-electron chi connectivity index (χ1n) is 7.92. The second kappa shape index (κ2) is 7.59. The van der Waals surface area contributed by atoms with Gasteiger partial charge in [0.15, 0.2) is 0 Å². The number of rotatable bonds is 6. The van der Waals surface area contributed by atoms with E-state index < -0.39 is 5.97 Å². The standard InChI is InChI=1S/C16H24N2O5/c1-10(8-14-11(2)17-23-12(14)3)16(21)18(9-15(19)20)13-4-6-22-7-5-13/h10,13H,4-9H2,1-3H3,(H,19,20). The average Bonchev–Trinajstić information content (AvgIpc) is 2.84. The molecule has 128 valence electrons. The number of aromatic nitrogens is 1. The van der Waals surface area contributed by atoms with Gasteiger partial charge in [0.25, 0.3) is 0 Å². The highest BCUT2D eigenvalue weighted by Crippen LogP contribution is 2.21. The van der Waals surface area contributed by atoms with Crippen LogP contribution in [0, 0.1) is 19.8 Å². The van der Waals surface area contributed by atoms with Crippen LogP contribution >= 0.6 is 0 Å². The van der Waals surface area contributed by atoms with E-state index in [1.54, 1.807) is 0 Å². The lowest BCUT2D eigenvalue weighted by Crippen LogP contribution is -2.48. The minimum absolute atomic E-state index is 0.0699. The molecule has 1 saturated heterocycles. The van der Waals surface area contributed by atoms with Crippen LogP contribution in [0.5, 0.6) is 0 Å². The summed E-state index contributed by atoms with van der Waals surface area (Å²) in [5, 5.41) is 13.0. The molecule has 7 heteroatoms. The molecule has 1 aromatic heterocycles. The number of carbonyl (C=O) groups is 2. The Morgan fingerprint density at radius 1 is 1.35 bits per heavy atom. The molecule has 0 bridgehead atoms. The normalized spacial score (nSPS) is 17.0. The summed E-state index contributed by atoms with van der Waals surface area (Å²) in [4.78, 5) is 25.4. The molecule has 0 aromatic carbocycles. The molecule has 2 heterocycles. The van der Waals surface area contributed by atoms with Crippen molar-refractivity contribution >= 4 is 11.9 Å². The minimum atomic E-state index is -0.991. The summed E-state index contributed by atoms with van der Waals surface area (Å²) in [5.41, 5.74) is 1.70. The number of carboxylic acids is 1. The lowest BCUT2D eigenvalue weighted by Gasteiger charge is -2.34. The van der Waals surface area contributed by atoms with Crippen molar-refractivity contribution in [2.45, 2.75) is 46.1 Å². The molecule has 0 spiro atoms. The van der Waals surface area contributed by atoms with Gasteiger partial charge < -0.3 is 19.3 Å². The monoisotopic (exact) mass is 324 g/mol. The molecule has 0 saturated carbocycles. The number of aliphatic carboxylic acids is 1. The zero-order valence-electron chi connectivity index (χ0n) is 13.9. The molecule has 1 unspecified atom stereocenters. The summed E-state index contributed by atoms with van der Waals surface area (Å²) in [7, 11) is 0. The first-order chi connectivity index (χ1) is 10.9. The number of ether oxygens (including phenoxy) is 1. The predicted molar refractivity (Wildman–Crippen MR) is 82.0 cm³/mol. The van der Waals surface area contributed by atoms with Gasteiger partial charge in [0.2, 0.25) is 5.91 Å². The molecule has 1 aliphatic heterocycles. The van der Waals surface area contributed by atoms with Crippen LogP contribution in [0.15, 0.2) is 4.52 Å². The first kappa shape index (κ1) is 17.5. The Kier molecular flexibility index (Phi) is 5.76. The van der Waals surface area contributed by atoms with Gasteiger partial charge in [0.05, 0.1) is 5.69 Å². The molecule has 1 aromatic rings. The average molecular weight is 324 g/mol. The van der Waals surface area contributed by atoms with E-state index in [9.17, 15) is 9.59 Å². The molecule has 1 aliphatic rings. The van der Waals surface area contributed by atoms with Gasteiger partial charge in [-0.05, 0) is 33.1 Å². The SMILES string of the molecule is Cc1noc(C)c1CC(C)C(=O)N(CC(=O)O)C1CCOCC1. The van der Waals surface area contributed by atoms with Gasteiger partial charge >= 0.3 is 5.97 Å². The van der Waals surface area contributed by atoms with Crippen LogP contribution in [-0.2, 0) is 20.7 Å². The fourth-order valence-electron chi connectivity index (χ4n) is 3.00. The van der Waals surface area contributed by atoms with Crippen molar-refractivity contribution in [2.24, 2.45) is 5.92 Å². The van der Waals surface area contributed by atoms with E-state index in [1.807, 2.05) is 20.8 Å². The highest BCUT2D eigenvalue weighted by molar-refractivity contribution is 5.83. The van der Waals surface area contributed by atoms with Crippen LogP contribution in [0.3, 0.4) is 0 Å². The van der Waals surface area contributed by atoms with Crippen LogP contribution < -0.4 is 0 Å². The number of aryl methyl sites for hydroxylation is 2. The maximum Gasteiger partial charge on any atom is 0.323 e. The number of carbonyl (C=O) groups excluding carboxylic acids is 1. The van der Waals surface area contributed by atoms with Crippen molar-refractivity contribution in [3.63, 3.8) is 0 Å². The van der Waals surface area contributed by atoms with E-state index in [1.165, 1.54) is 4.90 Å². The van der Waals surface area contributed by atoms with E-state index in [0.717, 1.165) is 11.3 Å². The van der Waals surface area contributed by atoms with Crippen molar-refractivity contribution in [1.82, 2.24) is 10.1 Å². The van der Waals surface area contributed by atoms with Gasteiger partial charge in [-0.15, -0.1) is 0 Å². The van der Waals surface area contributed by atoms with Crippen LogP contribution in [-0.4, -0.2) is 52.8 Å². The molecule has 1 N–H and O–H groups in total. The molecule has 0 aliphatic carbocycles. The Morgan fingerprint density at radius 2 is 2.00 bits per heavy atom. The second-order valence-corrected chi connectivity index (χ2v) is 6.11. The van der Waals surface area contributed by atoms with Gasteiger partial charge in [0, 0.05) is 30.7 Å². The van der Waals surface area contributed by atoms with E-state index in [-0.39, 0.29) is 24.4 Å². The van der Waals surface area contributed by atoms with Gasteiger partial charge in [-0.25, -0.2) is 0 Å². The molecule has 0 radical (unpaired) electrons. The van der Waals surface area contributed by atoms with Gasteiger partial charge in [0.1, 0.15) is 12.3 Å². The summed E-state index contributed by atoms with van der Waals surface area (Å²) in [6, 6.07) is -0.0699. The first-order valence-corrected chi connectivity index (χ1v) is 7.92. The third kappa shape index (κ3) is 4.31. The highest BCUT2D eigenvalue weighted by atomic mass is 16.5. The van der Waals surface area contributed by atoms with E-state index in [0.29, 0.717) is 38.2 Å². The molecule has 2 rings (SSSR count). The number of hydrogen-bond donors (Lipinski definition) is 1. The minimum Gasteiger partial charge on any atom is -0.480 e. The van der Waals surface area contributed by atoms with Gasteiger partial charge in [-0.2, -0.15) is 0 Å². The van der Waals surface area contributed by atoms with E-state index in [4.69, 9.17) is 14.4 Å². The molecule has 7 nitrogen and oxygen atoms in total. The van der Waals surface area contributed by atoms with Gasteiger partial charge in [-0.3, -0.25) is 9.59 Å². The number of nitrogens with zero attached hydrogens (tertiary/aromatic N) is 2. The van der Waals surface area contributed by atoms with Crippen LogP contribution in [0.1, 0.15) is 36.8 Å².